The van der Waals surface area contributed by atoms with Crippen molar-refractivity contribution in [1.82, 2.24) is 10.0 Å². The summed E-state index contributed by atoms with van der Waals surface area (Å²) in [5, 5.41) is 2.91. The fraction of sp³-hybridized carbons (Fsp3) is 0.316. The highest BCUT2D eigenvalue weighted by atomic mass is 79.9. The van der Waals surface area contributed by atoms with Gasteiger partial charge in [-0.15, -0.1) is 0 Å². The van der Waals surface area contributed by atoms with E-state index in [1.54, 1.807) is 6.07 Å². The van der Waals surface area contributed by atoms with Crippen LogP contribution in [0.1, 0.15) is 29.3 Å². The molecule has 2 rings (SSSR count). The molecular formula is C19H23BrN2O4S. The number of sulfonamides is 1. The number of carbonyl (C=O) groups excluding carboxylic acids is 1. The summed E-state index contributed by atoms with van der Waals surface area (Å²) in [6.07, 6.45) is 1.60. The first-order valence-corrected chi connectivity index (χ1v) is 10.7. The van der Waals surface area contributed by atoms with Crippen LogP contribution in [-0.4, -0.2) is 34.5 Å². The van der Waals surface area contributed by atoms with Crippen molar-refractivity contribution < 1.29 is 17.9 Å². The molecule has 1 atom stereocenters. The van der Waals surface area contributed by atoms with Gasteiger partial charge >= 0.3 is 0 Å². The van der Waals surface area contributed by atoms with Crippen molar-refractivity contribution in [3.8, 4) is 5.75 Å². The van der Waals surface area contributed by atoms with Crippen LogP contribution in [0.25, 0.3) is 0 Å². The van der Waals surface area contributed by atoms with Crippen LogP contribution in [0.5, 0.6) is 5.75 Å². The second kappa shape index (κ2) is 9.34. The average Bonchev–Trinajstić information content (AvgIpc) is 2.67. The molecule has 0 aliphatic rings. The lowest BCUT2D eigenvalue weighted by atomic mass is 10.1. The van der Waals surface area contributed by atoms with Crippen molar-refractivity contribution in [2.45, 2.75) is 30.7 Å². The second-order valence-electron chi connectivity index (χ2n) is 6.11. The lowest BCUT2D eigenvalue weighted by molar-refractivity contribution is 0.0938. The summed E-state index contributed by atoms with van der Waals surface area (Å²) in [6.45, 7) is 1.92. The molecule has 0 heterocycles. The van der Waals surface area contributed by atoms with Gasteiger partial charge in [0, 0.05) is 16.1 Å². The first-order chi connectivity index (χ1) is 12.8. The van der Waals surface area contributed by atoms with Gasteiger partial charge in [-0.3, -0.25) is 4.79 Å². The number of amides is 1. The Morgan fingerprint density at radius 1 is 1.19 bits per heavy atom. The molecule has 2 aromatic rings. The Labute approximate surface area is 168 Å². The highest BCUT2D eigenvalue weighted by Crippen LogP contribution is 2.24. The summed E-state index contributed by atoms with van der Waals surface area (Å²) in [5.74, 6) is -0.141. The Balaban J connectivity index is 2.06. The minimum Gasteiger partial charge on any atom is -0.495 e. The van der Waals surface area contributed by atoms with E-state index in [1.165, 1.54) is 31.9 Å². The Morgan fingerprint density at radius 3 is 2.44 bits per heavy atom. The molecule has 0 radical (unpaired) electrons. The molecule has 6 nitrogen and oxygen atoms in total. The van der Waals surface area contributed by atoms with Crippen molar-refractivity contribution in [1.29, 1.82) is 0 Å². The zero-order valence-corrected chi connectivity index (χ0v) is 17.9. The van der Waals surface area contributed by atoms with Gasteiger partial charge in [0.1, 0.15) is 10.6 Å². The summed E-state index contributed by atoms with van der Waals surface area (Å²) in [6, 6.07) is 12.3. The zero-order valence-electron chi connectivity index (χ0n) is 15.5. The number of ether oxygens (including phenoxy) is 1. The lowest BCUT2D eigenvalue weighted by Gasteiger charge is -2.15. The van der Waals surface area contributed by atoms with Crippen LogP contribution >= 0.6 is 15.9 Å². The number of methoxy groups -OCH3 is 1. The number of benzene rings is 2. The van der Waals surface area contributed by atoms with Crippen LogP contribution < -0.4 is 14.8 Å². The van der Waals surface area contributed by atoms with Crippen LogP contribution in [-0.2, 0) is 16.4 Å². The van der Waals surface area contributed by atoms with Gasteiger partial charge in [0.05, 0.1) is 7.11 Å². The number of aryl methyl sites for hydroxylation is 1. The maximum atomic E-state index is 12.5. The first kappa shape index (κ1) is 21.4. The maximum Gasteiger partial charge on any atom is 0.251 e. The van der Waals surface area contributed by atoms with Crippen molar-refractivity contribution >= 4 is 31.9 Å². The minimum absolute atomic E-state index is 0.0624. The molecule has 0 aliphatic carbocycles. The third kappa shape index (κ3) is 5.79. The van der Waals surface area contributed by atoms with Crippen LogP contribution in [0, 0.1) is 0 Å². The van der Waals surface area contributed by atoms with E-state index in [9.17, 15) is 13.2 Å². The molecular weight excluding hydrogens is 432 g/mol. The molecule has 2 N–H and O–H groups in total. The summed E-state index contributed by atoms with van der Waals surface area (Å²) in [5.41, 5.74) is 1.45. The highest BCUT2D eigenvalue weighted by Gasteiger charge is 2.20. The van der Waals surface area contributed by atoms with Crippen molar-refractivity contribution in [3.63, 3.8) is 0 Å². The smallest absolute Gasteiger partial charge is 0.251 e. The van der Waals surface area contributed by atoms with E-state index >= 15 is 0 Å². The molecule has 8 heteroatoms. The summed E-state index contributed by atoms with van der Waals surface area (Å²) in [7, 11) is -1.04. The summed E-state index contributed by atoms with van der Waals surface area (Å²) >= 11 is 3.41. The van der Waals surface area contributed by atoms with Gasteiger partial charge in [0.25, 0.3) is 5.91 Å². The monoisotopic (exact) mass is 454 g/mol. The Hall–Kier alpha value is -1.90. The van der Waals surface area contributed by atoms with Gasteiger partial charge in [0.2, 0.25) is 10.0 Å². The van der Waals surface area contributed by atoms with Crippen LogP contribution in [0.15, 0.2) is 51.8 Å². The second-order valence-corrected chi connectivity index (χ2v) is 8.88. The Kier molecular flexibility index (Phi) is 7.41. The van der Waals surface area contributed by atoms with Crippen LogP contribution in [0.4, 0.5) is 0 Å². The quantitative estimate of drug-likeness (QED) is 0.641. The van der Waals surface area contributed by atoms with E-state index in [2.05, 4.69) is 26.0 Å². The fourth-order valence-electron chi connectivity index (χ4n) is 2.55. The SMILES string of the molecule is CNS(=O)(=O)c1cc(C(=O)NC(C)CCc2ccc(Br)cc2)ccc1OC. The predicted molar refractivity (Wildman–Crippen MR) is 109 cm³/mol. The number of hydrogen-bond acceptors (Lipinski definition) is 4. The third-order valence-corrected chi connectivity index (χ3v) is 6.11. The largest absolute Gasteiger partial charge is 0.495 e. The van der Waals surface area contributed by atoms with Gasteiger partial charge in [-0.05, 0) is 62.7 Å². The van der Waals surface area contributed by atoms with Gasteiger partial charge in [-0.25, -0.2) is 13.1 Å². The van der Waals surface area contributed by atoms with E-state index in [0.29, 0.717) is 0 Å². The summed E-state index contributed by atoms with van der Waals surface area (Å²) in [4.78, 5) is 12.4. The molecule has 1 amide bonds. The van der Waals surface area contributed by atoms with Gasteiger partial charge < -0.3 is 10.1 Å². The number of halogens is 1. The fourth-order valence-corrected chi connectivity index (χ4v) is 3.73. The number of hydrogen-bond donors (Lipinski definition) is 2. The summed E-state index contributed by atoms with van der Waals surface area (Å²) < 4.78 is 32.6. The van der Waals surface area contributed by atoms with E-state index in [4.69, 9.17) is 4.74 Å². The highest BCUT2D eigenvalue weighted by molar-refractivity contribution is 9.10. The molecule has 0 saturated carbocycles. The van der Waals surface area contributed by atoms with Gasteiger partial charge in [0.15, 0.2) is 0 Å². The molecule has 1 unspecified atom stereocenters. The Morgan fingerprint density at radius 2 is 1.85 bits per heavy atom. The van der Waals surface area contributed by atoms with E-state index in [1.807, 2.05) is 31.2 Å². The van der Waals surface area contributed by atoms with Crippen molar-refractivity contribution in [2.75, 3.05) is 14.2 Å². The lowest BCUT2D eigenvalue weighted by Crippen LogP contribution is -2.33. The minimum atomic E-state index is -3.73. The van der Waals surface area contributed by atoms with Gasteiger partial charge in [-0.2, -0.15) is 0 Å². The molecule has 0 fully saturated rings. The molecule has 0 saturated heterocycles. The molecule has 0 bridgehead atoms. The standard InChI is InChI=1S/C19H23BrN2O4S/c1-13(4-5-14-6-9-16(20)10-7-14)22-19(23)15-8-11-17(26-3)18(12-15)27(24,25)21-2/h6-13,21H,4-5H2,1-3H3,(H,22,23). The maximum absolute atomic E-state index is 12.5. The van der Waals surface area contributed by atoms with Gasteiger partial charge in [-0.1, -0.05) is 28.1 Å². The Bertz CT molecular complexity index is 898. The zero-order chi connectivity index (χ0) is 20.0. The number of nitrogens with one attached hydrogen (secondary N) is 2. The van der Waals surface area contributed by atoms with Crippen molar-refractivity contribution in [3.05, 3.63) is 58.1 Å². The number of carbonyl (C=O) groups is 1. The average molecular weight is 455 g/mol. The number of rotatable bonds is 8. The first-order valence-electron chi connectivity index (χ1n) is 8.43. The van der Waals surface area contributed by atoms with Crippen LogP contribution in [0.3, 0.4) is 0 Å². The molecule has 2 aromatic carbocycles. The van der Waals surface area contributed by atoms with Crippen LogP contribution in [0.2, 0.25) is 0 Å². The topological polar surface area (TPSA) is 84.5 Å². The molecule has 146 valence electrons. The third-order valence-electron chi connectivity index (χ3n) is 4.14. The molecule has 0 aliphatic heterocycles. The molecule has 27 heavy (non-hydrogen) atoms. The normalized spacial score (nSPS) is 12.4. The predicted octanol–water partition coefficient (Wildman–Crippen LogP) is 3.12. The molecule has 0 spiro atoms. The molecule has 0 aromatic heterocycles. The van der Waals surface area contributed by atoms with E-state index < -0.39 is 10.0 Å². The van der Waals surface area contributed by atoms with Crippen molar-refractivity contribution in [2.24, 2.45) is 0 Å². The van der Waals surface area contributed by atoms with E-state index in [0.717, 1.165) is 17.3 Å². The van der Waals surface area contributed by atoms with E-state index in [-0.39, 0.29) is 28.2 Å².